The molecule has 9 rings (SSSR count). The zero-order valence-corrected chi connectivity index (χ0v) is 45.2. The summed E-state index contributed by atoms with van der Waals surface area (Å²) < 4.78 is 48.8. The number of hydrogen-bond donors (Lipinski definition) is 14. The topological polar surface area (TPSA) is 357 Å². The number of ether oxygens (including phenoxy) is 8. The van der Waals surface area contributed by atoms with Crippen molar-refractivity contribution in [1.29, 1.82) is 0 Å². The van der Waals surface area contributed by atoms with Gasteiger partial charge in [-0.15, -0.1) is 0 Å². The Bertz CT molecular complexity index is 2050. The van der Waals surface area contributed by atoms with Crippen molar-refractivity contribution in [3.63, 3.8) is 0 Å². The molecule has 4 saturated carbocycles. The number of aliphatic hydroxyl groups excluding tert-OH is 13. The zero-order chi connectivity index (χ0) is 55.6. The van der Waals surface area contributed by atoms with Crippen LogP contribution in [0.2, 0.25) is 0 Å². The van der Waals surface area contributed by atoms with E-state index in [9.17, 15) is 71.5 Å². The van der Waals surface area contributed by atoms with Gasteiger partial charge in [0.1, 0.15) is 85.5 Å². The molecule has 0 bridgehead atoms. The highest BCUT2D eigenvalue weighted by Gasteiger charge is 2.74. The van der Waals surface area contributed by atoms with Gasteiger partial charge in [0.05, 0.1) is 43.7 Å². The van der Waals surface area contributed by atoms with Crippen molar-refractivity contribution in [2.45, 2.75) is 248 Å². The van der Waals surface area contributed by atoms with Crippen LogP contribution in [0, 0.1) is 50.2 Å². The average molecular weight is 1090 g/mol. The third kappa shape index (κ3) is 9.23. The molecular formula is C54H90O22. The fraction of sp³-hybridized carbons (Fsp3) is 0.963. The lowest BCUT2D eigenvalue weighted by atomic mass is 9.31. The Kier molecular flexibility index (Phi) is 16.6. The van der Waals surface area contributed by atoms with Gasteiger partial charge in [0.25, 0.3) is 0 Å². The van der Waals surface area contributed by atoms with Crippen LogP contribution in [-0.4, -0.2) is 232 Å². The number of aliphatic hydroxyl groups is 14. The molecule has 4 saturated heterocycles. The molecule has 76 heavy (non-hydrogen) atoms. The first-order valence-corrected chi connectivity index (χ1v) is 27.8. The number of rotatable bonds is 12. The first kappa shape index (κ1) is 59.5. The van der Waals surface area contributed by atoms with E-state index in [-0.39, 0.29) is 47.2 Å². The molecule has 0 amide bonds. The average Bonchev–Trinajstić information content (AvgIpc) is 3.41. The van der Waals surface area contributed by atoms with E-state index in [4.69, 9.17) is 37.9 Å². The molecule has 0 aromatic carbocycles. The molecule has 22 heteroatoms. The molecule has 8 fully saturated rings. The van der Waals surface area contributed by atoms with Gasteiger partial charge >= 0.3 is 0 Å². The van der Waals surface area contributed by atoms with Crippen LogP contribution in [0.15, 0.2) is 12.2 Å². The van der Waals surface area contributed by atoms with Crippen molar-refractivity contribution in [1.82, 2.24) is 0 Å². The van der Waals surface area contributed by atoms with Crippen molar-refractivity contribution in [2.75, 3.05) is 26.4 Å². The number of hydrogen-bond acceptors (Lipinski definition) is 22. The van der Waals surface area contributed by atoms with Crippen molar-refractivity contribution in [3.05, 3.63) is 12.2 Å². The molecule has 5 aliphatic carbocycles. The fourth-order valence-corrected chi connectivity index (χ4v) is 16.7. The maximum Gasteiger partial charge on any atom is 0.187 e. The maximum absolute atomic E-state index is 13.3. The third-order valence-corrected chi connectivity index (χ3v) is 21.8. The van der Waals surface area contributed by atoms with E-state index in [1.165, 1.54) is 13.8 Å². The molecule has 22 nitrogen and oxygen atoms in total. The molecule has 0 spiro atoms. The second-order valence-corrected chi connectivity index (χ2v) is 26.4. The Morgan fingerprint density at radius 2 is 1.07 bits per heavy atom. The Balaban J connectivity index is 0.971. The summed E-state index contributed by atoms with van der Waals surface area (Å²) in [7, 11) is 0. The summed E-state index contributed by atoms with van der Waals surface area (Å²) in [6.07, 6.45) is -22.4. The summed E-state index contributed by atoms with van der Waals surface area (Å²) in [6, 6.07) is 0. The highest BCUT2D eigenvalue weighted by molar-refractivity contribution is 5.32. The molecule has 4 heterocycles. The van der Waals surface area contributed by atoms with E-state index in [0.29, 0.717) is 19.3 Å². The van der Waals surface area contributed by atoms with Crippen LogP contribution < -0.4 is 0 Å². The molecule has 30 atom stereocenters. The monoisotopic (exact) mass is 1090 g/mol. The fourth-order valence-electron chi connectivity index (χ4n) is 16.7. The van der Waals surface area contributed by atoms with Crippen LogP contribution in [-0.2, 0) is 37.9 Å². The third-order valence-electron chi connectivity index (χ3n) is 21.8. The van der Waals surface area contributed by atoms with Crippen molar-refractivity contribution in [3.8, 4) is 0 Å². The van der Waals surface area contributed by atoms with Gasteiger partial charge < -0.3 is 109 Å². The summed E-state index contributed by atoms with van der Waals surface area (Å²) in [6.45, 7) is 14.4. The SMILES string of the molecule is CC1OC(OC2C(CO)OC(OC3C(C)OC(OC4CCC5(C)C(CCC6(C)C5C=CC5(O)C7CC(C)(C)CCC7(CO)CCC56C)C4(C)CO)C(OC4OC(CO)C(O)C(O)C4O)C3O)C(O)C2O)C(O)C(O)C1O. The normalized spacial score (nSPS) is 57.2. The van der Waals surface area contributed by atoms with Crippen LogP contribution in [0.5, 0.6) is 0 Å². The highest BCUT2D eigenvalue weighted by Crippen LogP contribution is 2.76. The van der Waals surface area contributed by atoms with E-state index in [0.717, 1.165) is 38.5 Å². The molecule has 30 unspecified atom stereocenters. The summed E-state index contributed by atoms with van der Waals surface area (Å²) in [5.74, 6) is -0.275. The Morgan fingerprint density at radius 3 is 1.70 bits per heavy atom. The Labute approximate surface area is 444 Å². The second-order valence-electron chi connectivity index (χ2n) is 26.4. The van der Waals surface area contributed by atoms with E-state index in [2.05, 4.69) is 46.8 Å². The van der Waals surface area contributed by atoms with Gasteiger partial charge in [-0.25, -0.2) is 0 Å². The quantitative estimate of drug-likeness (QED) is 0.0776. The lowest BCUT2D eigenvalue weighted by Gasteiger charge is -2.74. The minimum atomic E-state index is -1.96. The van der Waals surface area contributed by atoms with E-state index < -0.39 is 164 Å². The van der Waals surface area contributed by atoms with Gasteiger partial charge in [0.15, 0.2) is 25.2 Å². The minimum absolute atomic E-state index is 0.00696. The highest BCUT2D eigenvalue weighted by atomic mass is 16.8. The van der Waals surface area contributed by atoms with Crippen LogP contribution in [0.25, 0.3) is 0 Å². The van der Waals surface area contributed by atoms with Crippen molar-refractivity contribution < 1.29 is 109 Å². The summed E-state index contributed by atoms with van der Waals surface area (Å²) in [5, 5.41) is 155. The number of fused-ring (bicyclic) bond motifs is 7. The molecule has 9 aliphatic rings. The van der Waals surface area contributed by atoms with E-state index >= 15 is 0 Å². The summed E-state index contributed by atoms with van der Waals surface area (Å²) >= 11 is 0. The van der Waals surface area contributed by atoms with Gasteiger partial charge in [-0.3, -0.25) is 0 Å². The lowest BCUT2D eigenvalue weighted by molar-refractivity contribution is -0.398. The molecule has 14 N–H and O–H groups in total. The Hall–Kier alpha value is -1.14. The van der Waals surface area contributed by atoms with Crippen LogP contribution in [0.4, 0.5) is 0 Å². The lowest BCUT2D eigenvalue weighted by Crippen LogP contribution is -2.73. The van der Waals surface area contributed by atoms with Crippen molar-refractivity contribution in [2.24, 2.45) is 50.2 Å². The predicted octanol–water partition coefficient (Wildman–Crippen LogP) is -1.56. The summed E-state index contributed by atoms with van der Waals surface area (Å²) in [5.41, 5.74) is -3.75. The van der Waals surface area contributed by atoms with Gasteiger partial charge in [-0.05, 0) is 105 Å². The van der Waals surface area contributed by atoms with Crippen molar-refractivity contribution >= 4 is 0 Å². The molecular weight excluding hydrogens is 1000 g/mol. The molecule has 4 aliphatic heterocycles. The number of allylic oxidation sites excluding steroid dienone is 1. The molecule has 0 aromatic heterocycles. The van der Waals surface area contributed by atoms with Crippen LogP contribution >= 0.6 is 0 Å². The first-order valence-electron chi connectivity index (χ1n) is 27.8. The van der Waals surface area contributed by atoms with Gasteiger partial charge in [0, 0.05) is 23.4 Å². The second kappa shape index (κ2) is 21.2. The van der Waals surface area contributed by atoms with Crippen LogP contribution in [0.1, 0.15) is 113 Å². The molecule has 0 aromatic rings. The predicted molar refractivity (Wildman–Crippen MR) is 263 cm³/mol. The molecule has 0 radical (unpaired) electrons. The van der Waals surface area contributed by atoms with Crippen LogP contribution in [0.3, 0.4) is 0 Å². The zero-order valence-electron chi connectivity index (χ0n) is 45.2. The summed E-state index contributed by atoms with van der Waals surface area (Å²) in [4.78, 5) is 0. The van der Waals surface area contributed by atoms with E-state index in [1.807, 2.05) is 6.92 Å². The standard InChI is InChI=1S/C54H90O22/c1-24-32(59)34(61)37(64)44(69-24)75-42-27(21-56)72-46(39(66)36(42)63)74-41-25(2)70-47(43(40(41)67)76-45-38(65)35(62)33(60)26(20-55)71-45)73-31-11-12-49(5)28(50(31,6)22-57)9-13-51(7)29(49)10-14-54(68)30-19-48(3,4)15-17-53(30,23-58)18-16-52(51,54)8/h10,14,24-47,55-68H,9,11-13,15-23H2,1-8H3. The first-order chi connectivity index (χ1) is 35.6. The molecule has 438 valence electrons. The van der Waals surface area contributed by atoms with Gasteiger partial charge in [0.2, 0.25) is 0 Å². The minimum Gasteiger partial charge on any atom is -0.396 e. The van der Waals surface area contributed by atoms with Gasteiger partial charge in [-0.2, -0.15) is 0 Å². The van der Waals surface area contributed by atoms with E-state index in [1.54, 1.807) is 0 Å². The smallest absolute Gasteiger partial charge is 0.187 e. The Morgan fingerprint density at radius 1 is 0.500 bits per heavy atom. The maximum atomic E-state index is 13.3. The van der Waals surface area contributed by atoms with Gasteiger partial charge in [-0.1, -0.05) is 53.7 Å². The largest absolute Gasteiger partial charge is 0.396 e.